The maximum absolute atomic E-state index is 2.38. The molecule has 2 rings (SSSR count). The third-order valence-corrected chi connectivity index (χ3v) is 6.42. The Morgan fingerprint density at radius 1 is 0.800 bits per heavy atom. The van der Waals surface area contributed by atoms with Crippen LogP contribution < -0.4 is 0 Å². The molecule has 0 saturated heterocycles. The molecule has 0 nitrogen and oxygen atoms in total. The van der Waals surface area contributed by atoms with Crippen molar-refractivity contribution in [1.82, 2.24) is 0 Å². The molecule has 0 aromatic heterocycles. The van der Waals surface area contributed by atoms with E-state index in [1.165, 1.54) is 24.0 Å². The molecular formula is C14H18Ru. The minimum absolute atomic E-state index is 0.330. The molecule has 2 aliphatic rings. The van der Waals surface area contributed by atoms with E-state index in [4.69, 9.17) is 0 Å². The first-order valence-corrected chi connectivity index (χ1v) is 7.19. The fourth-order valence-electron chi connectivity index (χ4n) is 1.84. The molecule has 0 unspecified atom stereocenters. The van der Waals surface area contributed by atoms with E-state index in [1.807, 2.05) is 0 Å². The van der Waals surface area contributed by atoms with Crippen molar-refractivity contribution in [3.8, 4) is 0 Å². The first-order valence-electron chi connectivity index (χ1n) is 5.45. The van der Waals surface area contributed by atoms with Gasteiger partial charge in [0.2, 0.25) is 0 Å². The van der Waals surface area contributed by atoms with E-state index in [1.54, 1.807) is 19.5 Å². The summed E-state index contributed by atoms with van der Waals surface area (Å²) < 4.78 is 3.44. The van der Waals surface area contributed by atoms with Gasteiger partial charge in [-0.2, -0.15) is 0 Å². The standard InChI is InChI=1S/2C7H9.Ru/c2*1-6-4-3-5-7(6)2;/h2*4H,3H2,1-2H3;. The van der Waals surface area contributed by atoms with E-state index < -0.39 is 0 Å². The van der Waals surface area contributed by atoms with Gasteiger partial charge in [0.15, 0.2) is 0 Å². The summed E-state index contributed by atoms with van der Waals surface area (Å²) in [5, 5.41) is 0. The zero-order chi connectivity index (χ0) is 11.0. The normalized spacial score (nSPS) is 21.6. The van der Waals surface area contributed by atoms with Gasteiger partial charge in [-0.3, -0.25) is 0 Å². The minimum atomic E-state index is 0.330. The van der Waals surface area contributed by atoms with Gasteiger partial charge >= 0.3 is 100 Å². The van der Waals surface area contributed by atoms with Crippen LogP contribution in [0.25, 0.3) is 0 Å². The van der Waals surface area contributed by atoms with Gasteiger partial charge in [-0.25, -0.2) is 0 Å². The second kappa shape index (κ2) is 4.22. The molecule has 0 amide bonds. The van der Waals surface area contributed by atoms with Crippen molar-refractivity contribution in [3.63, 3.8) is 0 Å². The molecule has 0 heterocycles. The zero-order valence-corrected chi connectivity index (χ0v) is 11.7. The van der Waals surface area contributed by atoms with E-state index in [-0.39, 0.29) is 0 Å². The number of hydrogen-bond donors (Lipinski definition) is 0. The Morgan fingerprint density at radius 2 is 1.20 bits per heavy atom. The van der Waals surface area contributed by atoms with Crippen LogP contribution >= 0.6 is 0 Å². The average Bonchev–Trinajstić information content (AvgIpc) is 2.68. The second-order valence-electron chi connectivity index (χ2n) is 4.30. The summed E-state index contributed by atoms with van der Waals surface area (Å²) in [5.41, 5.74) is 6.14. The van der Waals surface area contributed by atoms with E-state index in [0.29, 0.717) is 17.1 Å². The van der Waals surface area contributed by atoms with Crippen molar-refractivity contribution in [2.24, 2.45) is 0 Å². The van der Waals surface area contributed by atoms with Gasteiger partial charge in [0, 0.05) is 0 Å². The second-order valence-corrected chi connectivity index (χ2v) is 6.83. The van der Waals surface area contributed by atoms with Crippen LogP contribution in [0, 0.1) is 0 Å². The summed E-state index contributed by atoms with van der Waals surface area (Å²) >= 11 is 0.330. The van der Waals surface area contributed by atoms with Crippen LogP contribution in [0.15, 0.2) is 42.8 Å². The summed E-state index contributed by atoms with van der Waals surface area (Å²) in [6, 6.07) is 0. The number of allylic oxidation sites excluding steroid dienone is 8. The molecule has 0 radical (unpaired) electrons. The molecule has 0 spiro atoms. The Labute approximate surface area is 100 Å². The van der Waals surface area contributed by atoms with Gasteiger partial charge in [0.1, 0.15) is 0 Å². The Kier molecular flexibility index (Phi) is 3.12. The topological polar surface area (TPSA) is 0 Å². The van der Waals surface area contributed by atoms with Crippen LogP contribution in [0.1, 0.15) is 40.5 Å². The third kappa shape index (κ3) is 2.08. The quantitative estimate of drug-likeness (QED) is 0.664. The van der Waals surface area contributed by atoms with Crippen molar-refractivity contribution in [2.75, 3.05) is 0 Å². The van der Waals surface area contributed by atoms with Gasteiger partial charge in [0.25, 0.3) is 0 Å². The molecule has 0 N–H and O–H groups in total. The Bertz CT molecular complexity index is 377. The summed E-state index contributed by atoms with van der Waals surface area (Å²) in [5.74, 6) is 0. The molecule has 1 heteroatoms. The third-order valence-electron chi connectivity index (χ3n) is 3.36. The van der Waals surface area contributed by atoms with E-state index in [9.17, 15) is 0 Å². The zero-order valence-electron chi connectivity index (χ0n) is 9.92. The summed E-state index contributed by atoms with van der Waals surface area (Å²) in [6.45, 7) is 9.05. The molecule has 0 aromatic carbocycles. The molecular weight excluding hydrogens is 269 g/mol. The summed E-state index contributed by atoms with van der Waals surface area (Å²) in [6.07, 6.45) is 7.19. The molecule has 0 fully saturated rings. The van der Waals surface area contributed by atoms with Crippen LogP contribution in [0.4, 0.5) is 0 Å². The van der Waals surface area contributed by atoms with Gasteiger partial charge in [-0.1, -0.05) is 0 Å². The van der Waals surface area contributed by atoms with Gasteiger partial charge in [0.05, 0.1) is 0 Å². The molecule has 15 heavy (non-hydrogen) atoms. The van der Waals surface area contributed by atoms with Gasteiger partial charge < -0.3 is 0 Å². The maximum atomic E-state index is 2.38. The van der Waals surface area contributed by atoms with E-state index in [0.717, 1.165) is 0 Å². The summed E-state index contributed by atoms with van der Waals surface area (Å²) in [4.78, 5) is 0. The van der Waals surface area contributed by atoms with Crippen LogP contribution in [0.5, 0.6) is 0 Å². The van der Waals surface area contributed by atoms with Crippen molar-refractivity contribution in [3.05, 3.63) is 42.8 Å². The van der Waals surface area contributed by atoms with Crippen LogP contribution in [0.2, 0.25) is 0 Å². The van der Waals surface area contributed by atoms with Crippen molar-refractivity contribution >= 4 is 0 Å². The number of rotatable bonds is 2. The Hall–Kier alpha value is -0.417. The Balaban J connectivity index is 2.14. The van der Waals surface area contributed by atoms with E-state index >= 15 is 0 Å². The van der Waals surface area contributed by atoms with Gasteiger partial charge in [-0.15, -0.1) is 0 Å². The first kappa shape index (κ1) is 11.1. The van der Waals surface area contributed by atoms with Crippen molar-refractivity contribution < 1.29 is 17.1 Å². The van der Waals surface area contributed by atoms with Crippen molar-refractivity contribution in [2.45, 2.75) is 40.5 Å². The molecule has 82 valence electrons. The fraction of sp³-hybridized carbons (Fsp3) is 0.429. The first-order chi connectivity index (χ1) is 7.09. The molecule has 0 aromatic rings. The molecule has 0 bridgehead atoms. The predicted molar refractivity (Wildman–Crippen MR) is 62.1 cm³/mol. The van der Waals surface area contributed by atoms with Crippen LogP contribution in [0.3, 0.4) is 0 Å². The molecule has 0 saturated carbocycles. The molecule has 2 aliphatic carbocycles. The number of hydrogen-bond acceptors (Lipinski definition) is 0. The van der Waals surface area contributed by atoms with Crippen molar-refractivity contribution in [1.29, 1.82) is 0 Å². The predicted octanol–water partition coefficient (Wildman–Crippen LogP) is 4.32. The Morgan fingerprint density at radius 3 is 1.47 bits per heavy atom. The SMILES string of the molecule is CC1=CC[C]([Ru][C]2=C(C)C(C)=CC2)=C1C. The molecule has 0 atom stereocenters. The van der Waals surface area contributed by atoms with Crippen LogP contribution in [-0.4, -0.2) is 0 Å². The average molecular weight is 287 g/mol. The monoisotopic (exact) mass is 288 g/mol. The fourth-order valence-corrected chi connectivity index (χ4v) is 4.52. The van der Waals surface area contributed by atoms with E-state index in [2.05, 4.69) is 39.8 Å². The van der Waals surface area contributed by atoms with Crippen LogP contribution in [-0.2, 0) is 17.1 Å². The molecule has 0 aliphatic heterocycles. The van der Waals surface area contributed by atoms with Gasteiger partial charge in [-0.05, 0) is 0 Å². The summed E-state index contributed by atoms with van der Waals surface area (Å²) in [7, 11) is 0.